The van der Waals surface area contributed by atoms with Gasteiger partial charge in [-0.1, -0.05) is 109 Å². The number of aromatic nitrogens is 7. The molecule has 0 spiro atoms. The van der Waals surface area contributed by atoms with Crippen LogP contribution in [-0.2, 0) is 0 Å². The molecule has 56 heavy (non-hydrogen) atoms. The van der Waals surface area contributed by atoms with Crippen molar-refractivity contribution in [3.63, 3.8) is 0 Å². The molecular formula is C46H27BN8O. The minimum Gasteiger partial charge on any atom is -0.458 e. The molecule has 0 atom stereocenters. The summed E-state index contributed by atoms with van der Waals surface area (Å²) in [4.78, 5) is 23.7. The van der Waals surface area contributed by atoms with Crippen molar-refractivity contribution in [3.8, 4) is 23.4 Å². The van der Waals surface area contributed by atoms with Crippen molar-refractivity contribution in [2.24, 2.45) is 0 Å². The molecule has 10 heteroatoms. The van der Waals surface area contributed by atoms with Gasteiger partial charge in [0.1, 0.15) is 11.5 Å². The molecule has 260 valence electrons. The topological polar surface area (TPSA) is 78.8 Å². The van der Waals surface area contributed by atoms with Crippen LogP contribution in [0.1, 0.15) is 0 Å². The largest absolute Gasteiger partial charge is 0.458 e. The van der Waals surface area contributed by atoms with Crippen molar-refractivity contribution in [2.45, 2.75) is 0 Å². The van der Waals surface area contributed by atoms with Gasteiger partial charge in [-0.25, -0.2) is 9.88 Å². The van der Waals surface area contributed by atoms with Crippen LogP contribution in [0.3, 0.4) is 0 Å². The van der Waals surface area contributed by atoms with Crippen LogP contribution in [0.5, 0.6) is 11.5 Å². The lowest BCUT2D eigenvalue weighted by molar-refractivity contribution is 0.486. The second-order valence-electron chi connectivity index (χ2n) is 14.3. The highest BCUT2D eigenvalue weighted by Crippen LogP contribution is 2.43. The molecule has 0 bridgehead atoms. The fourth-order valence-electron chi connectivity index (χ4n) is 9.10. The van der Waals surface area contributed by atoms with Crippen LogP contribution in [-0.4, -0.2) is 40.4 Å². The molecular weight excluding hydrogens is 691 g/mol. The molecule has 11 aromatic rings. The number of benzene rings is 7. The van der Waals surface area contributed by atoms with Crippen LogP contribution in [0.2, 0.25) is 0 Å². The van der Waals surface area contributed by atoms with Crippen LogP contribution >= 0.6 is 0 Å². The number of fused-ring (bicyclic) bond motifs is 12. The van der Waals surface area contributed by atoms with E-state index in [1.54, 1.807) is 0 Å². The van der Waals surface area contributed by atoms with Gasteiger partial charge in [-0.05, 0) is 60.1 Å². The molecule has 2 aliphatic heterocycles. The van der Waals surface area contributed by atoms with Crippen molar-refractivity contribution in [1.29, 1.82) is 0 Å². The zero-order valence-electron chi connectivity index (χ0n) is 29.7. The molecule has 0 aliphatic carbocycles. The number of anilines is 3. The molecule has 7 aromatic carbocycles. The fraction of sp³-hybridized carbons (Fsp3) is 0. The van der Waals surface area contributed by atoms with E-state index in [-0.39, 0.29) is 6.85 Å². The summed E-state index contributed by atoms with van der Waals surface area (Å²) in [6.45, 7) is -0.180. The Hall–Kier alpha value is -7.72. The van der Waals surface area contributed by atoms with E-state index in [1.807, 2.05) is 30.3 Å². The number of rotatable bonds is 3. The van der Waals surface area contributed by atoms with E-state index >= 15 is 0 Å². The van der Waals surface area contributed by atoms with E-state index in [0.717, 1.165) is 82.8 Å². The third-order valence-corrected chi connectivity index (χ3v) is 11.4. The summed E-state index contributed by atoms with van der Waals surface area (Å²) in [5.41, 5.74) is 8.91. The summed E-state index contributed by atoms with van der Waals surface area (Å²) in [5.74, 6) is 3.78. The molecule has 4 aromatic heterocycles. The number of imidazole rings is 1. The van der Waals surface area contributed by atoms with Crippen molar-refractivity contribution < 1.29 is 4.74 Å². The summed E-state index contributed by atoms with van der Waals surface area (Å²) < 4.78 is 13.3. The Balaban J connectivity index is 1.17. The molecule has 0 saturated heterocycles. The Kier molecular flexibility index (Phi) is 5.80. The Morgan fingerprint density at radius 3 is 1.50 bits per heavy atom. The SMILES string of the molecule is c1ccc2c(c1)Oc1cccc3c1B2n1c(nc2ccccc21)N3c1nc(-n2c3ccccc3c3ccccc32)nc(-n2c3ccccc3c3ccccc32)n1. The first kappa shape index (κ1) is 29.7. The van der Waals surface area contributed by atoms with Gasteiger partial charge in [0.05, 0.1) is 38.8 Å². The second kappa shape index (κ2) is 10.9. The van der Waals surface area contributed by atoms with Crippen molar-refractivity contribution in [3.05, 3.63) is 164 Å². The Morgan fingerprint density at radius 2 is 0.893 bits per heavy atom. The Labute approximate surface area is 319 Å². The number of ether oxygens (including phenoxy) is 1. The maximum Gasteiger partial charge on any atom is 0.340 e. The average molecular weight is 719 g/mol. The number of hydrogen-bond acceptors (Lipinski definition) is 6. The normalized spacial score (nSPS) is 13.1. The van der Waals surface area contributed by atoms with Crippen LogP contribution in [0.25, 0.3) is 66.5 Å². The minimum atomic E-state index is -0.180. The smallest absolute Gasteiger partial charge is 0.340 e. The molecule has 0 saturated carbocycles. The van der Waals surface area contributed by atoms with Gasteiger partial charge in [-0.2, -0.15) is 15.0 Å². The summed E-state index contributed by atoms with van der Waals surface area (Å²) >= 11 is 0. The van der Waals surface area contributed by atoms with Gasteiger partial charge in [0.15, 0.2) is 0 Å². The monoisotopic (exact) mass is 718 g/mol. The summed E-state index contributed by atoms with van der Waals surface area (Å²) in [6, 6.07) is 56.5. The molecule has 0 amide bonds. The first-order valence-electron chi connectivity index (χ1n) is 18.7. The molecule has 9 nitrogen and oxygen atoms in total. The van der Waals surface area contributed by atoms with Crippen LogP contribution in [0, 0.1) is 0 Å². The third kappa shape index (κ3) is 3.89. The summed E-state index contributed by atoms with van der Waals surface area (Å²) in [5, 5.41) is 4.50. The lowest BCUT2D eigenvalue weighted by Gasteiger charge is -2.37. The van der Waals surface area contributed by atoms with Gasteiger partial charge in [0, 0.05) is 27.0 Å². The maximum atomic E-state index is 6.65. The van der Waals surface area contributed by atoms with Crippen LogP contribution < -0.4 is 20.6 Å². The first-order valence-corrected chi connectivity index (χ1v) is 18.7. The zero-order valence-corrected chi connectivity index (χ0v) is 29.7. The van der Waals surface area contributed by atoms with Crippen LogP contribution in [0.4, 0.5) is 17.6 Å². The second-order valence-corrected chi connectivity index (χ2v) is 14.3. The van der Waals surface area contributed by atoms with Gasteiger partial charge in [0.25, 0.3) is 0 Å². The molecule has 2 aliphatic rings. The van der Waals surface area contributed by atoms with E-state index in [4.69, 9.17) is 24.7 Å². The van der Waals surface area contributed by atoms with Gasteiger partial charge < -0.3 is 9.21 Å². The predicted molar refractivity (Wildman–Crippen MR) is 223 cm³/mol. The lowest BCUT2D eigenvalue weighted by atomic mass is 9.47. The van der Waals surface area contributed by atoms with Crippen molar-refractivity contribution >= 4 is 90.0 Å². The van der Waals surface area contributed by atoms with Crippen molar-refractivity contribution in [2.75, 3.05) is 4.90 Å². The number of hydrogen-bond donors (Lipinski definition) is 0. The van der Waals surface area contributed by atoms with Crippen LogP contribution in [0.15, 0.2) is 164 Å². The van der Waals surface area contributed by atoms with Gasteiger partial charge in [-0.15, -0.1) is 0 Å². The van der Waals surface area contributed by atoms with Gasteiger partial charge in [-0.3, -0.25) is 9.13 Å². The molecule has 0 fully saturated rings. The Bertz CT molecular complexity index is 3220. The van der Waals surface area contributed by atoms with Gasteiger partial charge >= 0.3 is 6.85 Å². The lowest BCUT2D eigenvalue weighted by Crippen LogP contribution is -2.56. The first-order chi connectivity index (χ1) is 27.8. The zero-order chi connectivity index (χ0) is 36.5. The molecule has 6 heterocycles. The molecule has 0 unspecified atom stereocenters. The van der Waals surface area contributed by atoms with E-state index in [1.165, 1.54) is 0 Å². The van der Waals surface area contributed by atoms with E-state index in [2.05, 4.69) is 152 Å². The standard InChI is InChI=1S/C46H27BN8O/c1-7-20-34-28(14-1)29-15-2-8-21-35(29)52(34)43-49-44(53-36-22-9-3-16-30(36)31-17-4-10-23-37(31)53)51-45(50-43)54-39-25-13-27-41-42(39)47(32-18-5-12-26-40(32)56-41)55-38-24-11-6-19-33(38)48-46(54)55/h1-27H. The summed E-state index contributed by atoms with van der Waals surface area (Å²) in [7, 11) is 0. The number of nitrogens with zero attached hydrogens (tertiary/aromatic N) is 8. The quantitative estimate of drug-likeness (QED) is 0.170. The fourth-order valence-corrected chi connectivity index (χ4v) is 9.10. The highest BCUT2D eigenvalue weighted by Gasteiger charge is 2.44. The molecule has 0 N–H and O–H groups in total. The van der Waals surface area contributed by atoms with E-state index in [0.29, 0.717) is 23.8 Å². The molecule has 13 rings (SSSR count). The Morgan fingerprint density at radius 1 is 0.411 bits per heavy atom. The van der Waals surface area contributed by atoms with E-state index < -0.39 is 0 Å². The van der Waals surface area contributed by atoms with Crippen molar-refractivity contribution in [1.82, 2.24) is 33.5 Å². The summed E-state index contributed by atoms with van der Waals surface area (Å²) in [6.07, 6.45) is 0. The molecule has 0 radical (unpaired) electrons. The average Bonchev–Trinajstić information content (AvgIpc) is 3.91. The van der Waals surface area contributed by atoms with E-state index in [9.17, 15) is 0 Å². The third-order valence-electron chi connectivity index (χ3n) is 11.4. The predicted octanol–water partition coefficient (Wildman–Crippen LogP) is 8.96. The highest BCUT2D eigenvalue weighted by molar-refractivity contribution is 6.88. The minimum absolute atomic E-state index is 0.180. The highest BCUT2D eigenvalue weighted by atomic mass is 16.5. The number of para-hydroxylation sites is 7. The maximum absolute atomic E-state index is 6.65. The van der Waals surface area contributed by atoms with Gasteiger partial charge in [0.2, 0.25) is 23.8 Å².